The lowest BCUT2D eigenvalue weighted by Crippen LogP contribution is -2.09. The van der Waals surface area contributed by atoms with Gasteiger partial charge in [0.2, 0.25) is 0 Å². The maximum atomic E-state index is 2.45. The molecule has 0 aliphatic heterocycles. The lowest BCUT2D eigenvalue weighted by atomic mass is 9.85. The Labute approximate surface area is 465 Å². The first-order valence-corrected chi connectivity index (χ1v) is 27.7. The molecule has 0 saturated carbocycles. The lowest BCUT2D eigenvalue weighted by Gasteiger charge is -2.25. The molecule has 2 heteroatoms. The molecule has 0 saturated heterocycles. The molecule has 0 N–H and O–H groups in total. The minimum Gasteiger partial charge on any atom is -0.311 e. The SMILES string of the molecule is CC1Cc2ccc(-c3ccc(-c4ccc(-c5ccc(N(c6ccccc6)c6ccccc6)cc5)cc4)cc3)cc2-c2cc(-c3ccc(-c4ccc(-c5ccc(N(c6ccccc6)c6ccccc6)cc5)cc4)cc3)ccc2C1C. The summed E-state index contributed by atoms with van der Waals surface area (Å²) in [6.07, 6.45) is 1.06. The van der Waals surface area contributed by atoms with E-state index in [0.29, 0.717) is 11.8 Å². The van der Waals surface area contributed by atoms with Gasteiger partial charge in [-0.15, -0.1) is 0 Å². The van der Waals surface area contributed by atoms with Crippen LogP contribution in [0.5, 0.6) is 0 Å². The van der Waals surface area contributed by atoms with Crippen LogP contribution < -0.4 is 9.80 Å². The van der Waals surface area contributed by atoms with E-state index in [1.807, 2.05) is 0 Å². The van der Waals surface area contributed by atoms with Gasteiger partial charge in [-0.2, -0.15) is 0 Å². The van der Waals surface area contributed by atoms with Crippen LogP contribution in [-0.2, 0) is 6.42 Å². The molecule has 1 aliphatic rings. The summed E-state index contributed by atoms with van der Waals surface area (Å²) < 4.78 is 0. The van der Waals surface area contributed by atoms with Crippen LogP contribution in [0.2, 0.25) is 0 Å². The largest absolute Gasteiger partial charge is 0.311 e. The lowest BCUT2D eigenvalue weighted by molar-refractivity contribution is 0.491. The second kappa shape index (κ2) is 21.7. The van der Waals surface area contributed by atoms with Gasteiger partial charge in [-0.25, -0.2) is 0 Å². The van der Waals surface area contributed by atoms with E-state index in [1.165, 1.54) is 89.0 Å². The monoisotopic (exact) mass is 1010 g/mol. The fraction of sp³-hybridized carbons (Fsp3) is 0.0649. The van der Waals surface area contributed by atoms with Gasteiger partial charge in [-0.3, -0.25) is 0 Å². The Morgan fingerprint density at radius 2 is 0.481 bits per heavy atom. The van der Waals surface area contributed by atoms with Crippen molar-refractivity contribution in [3.05, 3.63) is 314 Å². The van der Waals surface area contributed by atoms with E-state index >= 15 is 0 Å². The van der Waals surface area contributed by atoms with Crippen molar-refractivity contribution >= 4 is 34.1 Å². The van der Waals surface area contributed by atoms with Crippen LogP contribution >= 0.6 is 0 Å². The van der Waals surface area contributed by atoms with Gasteiger partial charge in [0.15, 0.2) is 0 Å². The standard InChI is InChI=1S/C77H60N2/c1-54-51-68-40-39-66(64-35-31-58(32-36-64)56-23-27-60(28-24-56)62-41-46-73(47-42-62)78(69-15-7-3-8-16-69)70-17-9-4-10-18-70)52-76(68)77-53-67(45-50-75(77)55(54)2)65-37-33-59(34-38-65)57-25-29-61(30-26-57)63-43-48-74(49-44-63)79(71-19-11-5-12-20-71)72-21-13-6-14-22-72/h3-50,52-55H,51H2,1-2H3. The van der Waals surface area contributed by atoms with Gasteiger partial charge in [0.05, 0.1) is 0 Å². The Morgan fingerprint density at radius 1 is 0.241 bits per heavy atom. The zero-order valence-electron chi connectivity index (χ0n) is 44.6. The van der Waals surface area contributed by atoms with E-state index in [1.54, 1.807) is 0 Å². The molecule has 12 aromatic rings. The molecule has 0 amide bonds. The van der Waals surface area contributed by atoms with Crippen LogP contribution in [0.4, 0.5) is 34.1 Å². The van der Waals surface area contributed by atoms with Crippen molar-refractivity contribution in [2.24, 2.45) is 5.92 Å². The molecule has 0 radical (unpaired) electrons. The van der Waals surface area contributed by atoms with Crippen molar-refractivity contribution in [3.8, 4) is 77.9 Å². The number of hydrogen-bond acceptors (Lipinski definition) is 2. The summed E-state index contributed by atoms with van der Waals surface area (Å²) in [6.45, 7) is 4.82. The molecule has 2 atom stereocenters. The average molecular weight is 1010 g/mol. The number of anilines is 6. The maximum absolute atomic E-state index is 2.45. The van der Waals surface area contributed by atoms with E-state index < -0.39 is 0 Å². The number of benzene rings is 12. The zero-order chi connectivity index (χ0) is 53.1. The minimum absolute atomic E-state index is 0.441. The Hall–Kier alpha value is -9.76. The Morgan fingerprint density at radius 3 is 0.797 bits per heavy atom. The van der Waals surface area contributed by atoms with Crippen LogP contribution in [-0.4, -0.2) is 0 Å². The Bertz CT molecular complexity index is 3910. The number of nitrogens with zero attached hydrogens (tertiary/aromatic N) is 2. The molecule has 0 aromatic heterocycles. The summed E-state index contributed by atoms with van der Waals surface area (Å²) in [5.74, 6) is 0.970. The number of para-hydroxylation sites is 4. The van der Waals surface area contributed by atoms with Crippen LogP contribution in [0.25, 0.3) is 77.9 Å². The normalized spacial score (nSPS) is 13.6. The highest BCUT2D eigenvalue weighted by molar-refractivity contribution is 5.85. The zero-order valence-corrected chi connectivity index (χ0v) is 44.6. The number of rotatable bonds is 12. The van der Waals surface area contributed by atoms with E-state index in [2.05, 4.69) is 327 Å². The van der Waals surface area contributed by atoms with Gasteiger partial charge in [0.1, 0.15) is 0 Å². The highest BCUT2D eigenvalue weighted by atomic mass is 15.1. The number of fused-ring (bicyclic) bond motifs is 3. The van der Waals surface area contributed by atoms with E-state index in [0.717, 1.165) is 40.5 Å². The maximum Gasteiger partial charge on any atom is 0.0462 e. The van der Waals surface area contributed by atoms with Gasteiger partial charge in [0, 0.05) is 34.1 Å². The predicted molar refractivity (Wildman–Crippen MR) is 335 cm³/mol. The van der Waals surface area contributed by atoms with Crippen LogP contribution in [0.3, 0.4) is 0 Å². The van der Waals surface area contributed by atoms with Crippen molar-refractivity contribution in [1.82, 2.24) is 0 Å². The van der Waals surface area contributed by atoms with E-state index in [4.69, 9.17) is 0 Å². The molecule has 0 heterocycles. The summed E-state index contributed by atoms with van der Waals surface area (Å²) in [6, 6.07) is 111. The third kappa shape index (κ3) is 10.1. The van der Waals surface area contributed by atoms with Crippen molar-refractivity contribution in [1.29, 1.82) is 0 Å². The van der Waals surface area contributed by atoms with Crippen molar-refractivity contribution in [2.75, 3.05) is 9.80 Å². The van der Waals surface area contributed by atoms with Crippen molar-refractivity contribution in [2.45, 2.75) is 26.2 Å². The summed E-state index contributed by atoms with van der Waals surface area (Å²) in [4.78, 5) is 4.60. The van der Waals surface area contributed by atoms with E-state index in [9.17, 15) is 0 Å². The van der Waals surface area contributed by atoms with Gasteiger partial charge < -0.3 is 9.80 Å². The van der Waals surface area contributed by atoms with Gasteiger partial charge in [-0.1, -0.05) is 232 Å². The predicted octanol–water partition coefficient (Wildman–Crippen LogP) is 21.6. The molecule has 378 valence electrons. The topological polar surface area (TPSA) is 6.48 Å². The van der Waals surface area contributed by atoms with E-state index in [-0.39, 0.29) is 0 Å². The van der Waals surface area contributed by atoms with Crippen LogP contribution in [0.1, 0.15) is 30.9 Å². The fourth-order valence-corrected chi connectivity index (χ4v) is 11.6. The third-order valence-corrected chi connectivity index (χ3v) is 16.2. The second-order valence-electron chi connectivity index (χ2n) is 21.1. The molecule has 0 spiro atoms. The second-order valence-corrected chi connectivity index (χ2v) is 21.1. The molecule has 1 aliphatic carbocycles. The Balaban J connectivity index is 0.710. The third-order valence-electron chi connectivity index (χ3n) is 16.2. The summed E-state index contributed by atoms with van der Waals surface area (Å²) in [5, 5.41) is 0. The summed E-state index contributed by atoms with van der Waals surface area (Å²) >= 11 is 0. The first-order valence-electron chi connectivity index (χ1n) is 27.7. The highest BCUT2D eigenvalue weighted by Crippen LogP contribution is 2.45. The molecule has 12 aromatic carbocycles. The minimum atomic E-state index is 0.441. The average Bonchev–Trinajstić information content (AvgIpc) is 3.63. The van der Waals surface area contributed by atoms with Crippen LogP contribution in [0.15, 0.2) is 303 Å². The quantitative estimate of drug-likeness (QED) is 0.120. The first-order chi connectivity index (χ1) is 39.0. The first kappa shape index (κ1) is 48.9. The Kier molecular flexibility index (Phi) is 13.4. The molecular formula is C77H60N2. The van der Waals surface area contributed by atoms with Gasteiger partial charge in [0.25, 0.3) is 0 Å². The molecule has 13 rings (SSSR count). The van der Waals surface area contributed by atoms with Crippen molar-refractivity contribution < 1.29 is 0 Å². The number of hydrogen-bond donors (Lipinski definition) is 0. The summed E-state index contributed by atoms with van der Waals surface area (Å²) in [7, 11) is 0. The van der Waals surface area contributed by atoms with Gasteiger partial charge in [-0.05, 0) is 192 Å². The molecule has 0 bridgehead atoms. The van der Waals surface area contributed by atoms with Crippen LogP contribution in [0, 0.1) is 5.92 Å². The van der Waals surface area contributed by atoms with Crippen molar-refractivity contribution in [3.63, 3.8) is 0 Å². The highest BCUT2D eigenvalue weighted by Gasteiger charge is 2.26. The molecule has 2 unspecified atom stereocenters. The molecule has 79 heavy (non-hydrogen) atoms. The summed E-state index contributed by atoms with van der Waals surface area (Å²) in [5.41, 5.74) is 26.9. The molecular weight excluding hydrogens is 953 g/mol. The van der Waals surface area contributed by atoms with Gasteiger partial charge >= 0.3 is 0 Å². The molecule has 0 fully saturated rings. The fourth-order valence-electron chi connectivity index (χ4n) is 11.6. The molecule has 2 nitrogen and oxygen atoms in total. The smallest absolute Gasteiger partial charge is 0.0462 e.